The third-order valence-corrected chi connectivity index (χ3v) is 5.15. The van der Waals surface area contributed by atoms with Crippen molar-refractivity contribution in [1.82, 2.24) is 5.32 Å². The number of furan rings is 1. The van der Waals surface area contributed by atoms with Crippen LogP contribution in [0.5, 0.6) is 0 Å². The van der Waals surface area contributed by atoms with E-state index in [9.17, 15) is 9.90 Å². The highest BCUT2D eigenvalue weighted by Crippen LogP contribution is 2.30. The fourth-order valence-electron chi connectivity index (χ4n) is 2.67. The van der Waals surface area contributed by atoms with Gasteiger partial charge in [-0.25, -0.2) is 0 Å². The van der Waals surface area contributed by atoms with E-state index in [0.717, 1.165) is 20.5 Å². The summed E-state index contributed by atoms with van der Waals surface area (Å²) < 4.78 is 6.29. The second kappa shape index (κ2) is 6.56. The van der Waals surface area contributed by atoms with E-state index in [2.05, 4.69) is 5.32 Å². The normalized spacial score (nSPS) is 13.9. The zero-order valence-electron chi connectivity index (χ0n) is 13.1. The highest BCUT2D eigenvalue weighted by molar-refractivity contribution is 7.21. The molecule has 1 aromatic carbocycles. The van der Waals surface area contributed by atoms with Crippen molar-refractivity contribution in [1.29, 1.82) is 0 Å². The molecule has 5 heteroatoms. The molecule has 120 valence electrons. The second-order valence-electron chi connectivity index (χ2n) is 5.69. The maximum absolute atomic E-state index is 12.5. The fraction of sp³-hybridized carbons (Fsp3) is 0.278. The molecule has 2 unspecified atom stereocenters. The lowest BCUT2D eigenvalue weighted by Gasteiger charge is -2.16. The molecule has 23 heavy (non-hydrogen) atoms. The van der Waals surface area contributed by atoms with Crippen LogP contribution in [0.25, 0.3) is 10.1 Å². The van der Waals surface area contributed by atoms with Crippen molar-refractivity contribution in [2.45, 2.75) is 32.4 Å². The molecule has 2 atom stereocenters. The molecular weight excluding hydrogens is 310 g/mol. The van der Waals surface area contributed by atoms with Crippen molar-refractivity contribution in [3.63, 3.8) is 0 Å². The summed E-state index contributed by atoms with van der Waals surface area (Å²) in [5, 5.41) is 14.2. The Morgan fingerprint density at radius 2 is 2.09 bits per heavy atom. The number of carbonyl (C=O) groups is 1. The van der Waals surface area contributed by atoms with Gasteiger partial charge < -0.3 is 14.8 Å². The number of benzene rings is 1. The molecule has 1 amide bonds. The number of amides is 1. The van der Waals surface area contributed by atoms with E-state index < -0.39 is 6.10 Å². The molecule has 0 bridgehead atoms. The van der Waals surface area contributed by atoms with E-state index in [4.69, 9.17) is 4.42 Å². The number of fused-ring (bicyclic) bond motifs is 1. The maximum Gasteiger partial charge on any atom is 0.261 e. The molecule has 0 fully saturated rings. The largest absolute Gasteiger partial charge is 0.467 e. The van der Waals surface area contributed by atoms with E-state index >= 15 is 0 Å². The van der Waals surface area contributed by atoms with Gasteiger partial charge in [-0.05, 0) is 43.0 Å². The van der Waals surface area contributed by atoms with Gasteiger partial charge in [-0.2, -0.15) is 0 Å². The molecule has 0 aliphatic heterocycles. The first-order valence-corrected chi connectivity index (χ1v) is 8.38. The molecule has 0 spiro atoms. The molecule has 0 radical (unpaired) electrons. The number of aryl methyl sites for hydroxylation is 1. The Morgan fingerprint density at radius 3 is 2.78 bits per heavy atom. The van der Waals surface area contributed by atoms with E-state index in [1.54, 1.807) is 12.1 Å². The number of thiophene rings is 1. The Morgan fingerprint density at radius 1 is 1.30 bits per heavy atom. The molecule has 4 nitrogen and oxygen atoms in total. The molecule has 2 heterocycles. The zero-order valence-corrected chi connectivity index (χ0v) is 13.9. The molecule has 3 aromatic rings. The van der Waals surface area contributed by atoms with Crippen LogP contribution in [-0.4, -0.2) is 17.1 Å². The number of hydrogen-bond donors (Lipinski definition) is 2. The predicted molar refractivity (Wildman–Crippen MR) is 91.8 cm³/mol. The number of aliphatic hydroxyl groups excluding tert-OH is 1. The molecule has 0 saturated carbocycles. The van der Waals surface area contributed by atoms with E-state index in [1.165, 1.54) is 17.6 Å². The number of hydrogen-bond acceptors (Lipinski definition) is 4. The summed E-state index contributed by atoms with van der Waals surface area (Å²) in [5.41, 5.74) is 1.00. The summed E-state index contributed by atoms with van der Waals surface area (Å²) in [4.78, 5) is 13.2. The summed E-state index contributed by atoms with van der Waals surface area (Å²) in [6, 6.07) is 11.3. The number of carbonyl (C=O) groups excluding carboxylic acids is 1. The first-order valence-electron chi connectivity index (χ1n) is 7.56. The lowest BCUT2D eigenvalue weighted by Crippen LogP contribution is -2.33. The van der Waals surface area contributed by atoms with Crippen LogP contribution in [-0.2, 0) is 0 Å². The van der Waals surface area contributed by atoms with Crippen LogP contribution in [0, 0.1) is 6.92 Å². The zero-order chi connectivity index (χ0) is 16.4. The Hall–Kier alpha value is -2.11. The highest BCUT2D eigenvalue weighted by atomic mass is 32.1. The summed E-state index contributed by atoms with van der Waals surface area (Å²) in [7, 11) is 0. The van der Waals surface area contributed by atoms with Crippen molar-refractivity contribution in [3.05, 3.63) is 58.9 Å². The first-order chi connectivity index (χ1) is 11.1. The Kier molecular flexibility index (Phi) is 4.50. The third kappa shape index (κ3) is 3.30. The lowest BCUT2D eigenvalue weighted by atomic mass is 10.1. The summed E-state index contributed by atoms with van der Waals surface area (Å²) in [6.07, 6.45) is 1.22. The van der Waals surface area contributed by atoms with Gasteiger partial charge in [-0.3, -0.25) is 4.79 Å². The second-order valence-corrected chi connectivity index (χ2v) is 6.75. The standard InChI is InChI=1S/C18H19NO3S/c1-11(10-14(20)15-7-5-9-22-15)19-18(21)17-12(2)13-6-3-4-8-16(13)23-17/h3-9,11,14,20H,10H2,1-2H3,(H,19,21). The predicted octanol–water partition coefficient (Wildman–Crippen LogP) is 4.04. The summed E-state index contributed by atoms with van der Waals surface area (Å²) >= 11 is 1.50. The van der Waals surface area contributed by atoms with Gasteiger partial charge in [-0.1, -0.05) is 18.2 Å². The van der Waals surface area contributed by atoms with E-state index in [1.807, 2.05) is 38.1 Å². The average molecular weight is 329 g/mol. The smallest absolute Gasteiger partial charge is 0.261 e. The SMILES string of the molecule is Cc1c(C(=O)NC(C)CC(O)c2ccco2)sc2ccccc12. The van der Waals surface area contributed by atoms with Crippen LogP contribution < -0.4 is 5.32 Å². The number of aliphatic hydroxyl groups is 1. The van der Waals surface area contributed by atoms with Gasteiger partial charge in [0.25, 0.3) is 5.91 Å². The molecule has 3 rings (SSSR count). The fourth-order valence-corrected chi connectivity index (χ4v) is 3.78. The Balaban J connectivity index is 1.69. The van der Waals surface area contributed by atoms with Crippen molar-refractivity contribution < 1.29 is 14.3 Å². The quantitative estimate of drug-likeness (QED) is 0.742. The lowest BCUT2D eigenvalue weighted by molar-refractivity contribution is 0.0906. The van der Waals surface area contributed by atoms with Gasteiger partial charge >= 0.3 is 0 Å². The minimum Gasteiger partial charge on any atom is -0.467 e. The number of nitrogens with one attached hydrogen (secondary N) is 1. The van der Waals surface area contributed by atoms with Crippen molar-refractivity contribution in [3.8, 4) is 0 Å². The molecule has 0 aliphatic carbocycles. The molecule has 0 saturated heterocycles. The van der Waals surface area contributed by atoms with Gasteiger partial charge in [0.15, 0.2) is 0 Å². The van der Waals surface area contributed by atoms with Gasteiger partial charge in [-0.15, -0.1) is 11.3 Å². The number of rotatable bonds is 5. The maximum atomic E-state index is 12.5. The topological polar surface area (TPSA) is 62.5 Å². The summed E-state index contributed by atoms with van der Waals surface area (Å²) in [5.74, 6) is 0.423. The highest BCUT2D eigenvalue weighted by Gasteiger charge is 2.20. The molecule has 2 aromatic heterocycles. The summed E-state index contributed by atoms with van der Waals surface area (Å²) in [6.45, 7) is 3.85. The minimum absolute atomic E-state index is 0.0946. The molecule has 0 aliphatic rings. The van der Waals surface area contributed by atoms with E-state index in [0.29, 0.717) is 12.2 Å². The van der Waals surface area contributed by atoms with Crippen molar-refractivity contribution >= 4 is 27.3 Å². The average Bonchev–Trinajstić information content (AvgIpc) is 3.16. The van der Waals surface area contributed by atoms with Crippen LogP contribution >= 0.6 is 11.3 Å². The van der Waals surface area contributed by atoms with E-state index in [-0.39, 0.29) is 11.9 Å². The molecular formula is C18H19NO3S. The van der Waals surface area contributed by atoms with Crippen molar-refractivity contribution in [2.75, 3.05) is 0 Å². The Bertz CT molecular complexity index is 807. The van der Waals surface area contributed by atoms with Gasteiger partial charge in [0.2, 0.25) is 0 Å². The van der Waals surface area contributed by atoms with Crippen LogP contribution in [0.3, 0.4) is 0 Å². The molecule has 2 N–H and O–H groups in total. The van der Waals surface area contributed by atoms with Crippen molar-refractivity contribution in [2.24, 2.45) is 0 Å². The van der Waals surface area contributed by atoms with Gasteiger partial charge in [0.05, 0.1) is 11.1 Å². The Labute approximate surface area is 138 Å². The van der Waals surface area contributed by atoms with Gasteiger partial charge in [0, 0.05) is 17.2 Å². The monoisotopic (exact) mass is 329 g/mol. The third-order valence-electron chi connectivity index (χ3n) is 3.88. The van der Waals surface area contributed by atoms with Gasteiger partial charge in [0.1, 0.15) is 11.9 Å². The van der Waals surface area contributed by atoms with Crippen LogP contribution in [0.1, 0.15) is 40.4 Å². The first kappa shape index (κ1) is 15.8. The van der Waals surface area contributed by atoms with Crippen LogP contribution in [0.15, 0.2) is 47.1 Å². The van der Waals surface area contributed by atoms with Crippen LogP contribution in [0.2, 0.25) is 0 Å². The van der Waals surface area contributed by atoms with Crippen LogP contribution in [0.4, 0.5) is 0 Å². The minimum atomic E-state index is -0.719.